The molecular formula is C13H8BrF3O4S. The highest BCUT2D eigenvalue weighted by Crippen LogP contribution is 2.29. The molecule has 0 unspecified atom stereocenters. The van der Waals surface area contributed by atoms with E-state index >= 15 is 0 Å². The molecule has 0 heterocycles. The molecule has 0 fully saturated rings. The molecule has 118 valence electrons. The number of ketones is 1. The smallest absolute Gasteiger partial charge is 0.376 e. The van der Waals surface area contributed by atoms with E-state index in [2.05, 4.69) is 20.1 Å². The normalized spacial score (nSPS) is 12.4. The molecule has 0 N–H and O–H groups in total. The van der Waals surface area contributed by atoms with Gasteiger partial charge in [0.25, 0.3) is 0 Å². The Balaban J connectivity index is 2.38. The van der Waals surface area contributed by atoms with Crippen LogP contribution in [0.15, 0.2) is 36.4 Å². The largest absolute Gasteiger partial charge is 0.534 e. The van der Waals surface area contributed by atoms with E-state index in [0.717, 1.165) is 12.1 Å². The fraction of sp³-hybridized carbons (Fsp3) is 0.154. The molecule has 2 aromatic rings. The highest BCUT2D eigenvalue weighted by molar-refractivity contribution is 9.09. The van der Waals surface area contributed by atoms with Crippen LogP contribution in [0.5, 0.6) is 5.75 Å². The fourth-order valence-corrected chi connectivity index (χ4v) is 2.48. The van der Waals surface area contributed by atoms with Crippen LogP contribution in [0.1, 0.15) is 10.4 Å². The number of hydrogen-bond acceptors (Lipinski definition) is 4. The zero-order valence-electron chi connectivity index (χ0n) is 10.7. The van der Waals surface area contributed by atoms with Gasteiger partial charge in [-0.1, -0.05) is 34.1 Å². The van der Waals surface area contributed by atoms with Crippen molar-refractivity contribution < 1.29 is 30.6 Å². The third kappa shape index (κ3) is 3.41. The lowest BCUT2D eigenvalue weighted by molar-refractivity contribution is -0.0500. The first-order valence-electron chi connectivity index (χ1n) is 5.78. The van der Waals surface area contributed by atoms with Crippen LogP contribution >= 0.6 is 15.9 Å². The molecule has 0 radical (unpaired) electrons. The third-order valence-corrected chi connectivity index (χ3v) is 4.23. The predicted octanol–water partition coefficient (Wildman–Crippen LogP) is 3.65. The second-order valence-electron chi connectivity index (χ2n) is 4.26. The van der Waals surface area contributed by atoms with E-state index in [1.165, 1.54) is 18.2 Å². The number of fused-ring (bicyclic) bond motifs is 1. The maximum atomic E-state index is 12.3. The molecule has 0 saturated heterocycles. The second-order valence-corrected chi connectivity index (χ2v) is 6.36. The molecule has 0 aliphatic heterocycles. The summed E-state index contributed by atoms with van der Waals surface area (Å²) in [6.07, 6.45) is 0. The highest BCUT2D eigenvalue weighted by Gasteiger charge is 2.48. The van der Waals surface area contributed by atoms with Crippen molar-refractivity contribution in [1.29, 1.82) is 0 Å². The topological polar surface area (TPSA) is 60.4 Å². The number of carbonyl (C=O) groups excluding carboxylic acids is 1. The van der Waals surface area contributed by atoms with Crippen LogP contribution < -0.4 is 4.18 Å². The van der Waals surface area contributed by atoms with Gasteiger partial charge in [-0.15, -0.1) is 0 Å². The average Bonchev–Trinajstić information content (AvgIpc) is 2.44. The first kappa shape index (κ1) is 16.8. The average molecular weight is 397 g/mol. The summed E-state index contributed by atoms with van der Waals surface area (Å²) >= 11 is 3.04. The number of benzene rings is 2. The summed E-state index contributed by atoms with van der Waals surface area (Å²) in [5.74, 6) is -0.605. The lowest BCUT2D eigenvalue weighted by Gasteiger charge is -2.10. The molecule has 0 atom stereocenters. The molecule has 4 nitrogen and oxygen atoms in total. The number of Topliss-reactive ketones (excluding diaryl/α,β-unsaturated/α-hetero) is 1. The Labute approximate surface area is 132 Å². The van der Waals surface area contributed by atoms with Crippen molar-refractivity contribution in [3.8, 4) is 5.75 Å². The van der Waals surface area contributed by atoms with Gasteiger partial charge in [0.05, 0.1) is 5.33 Å². The number of halogens is 4. The molecule has 0 amide bonds. The molecule has 0 aliphatic carbocycles. The SMILES string of the molecule is O=C(CBr)c1ccc2cc(OS(=O)(=O)C(F)(F)F)ccc2c1. The summed E-state index contributed by atoms with van der Waals surface area (Å²) in [6, 6.07) is 8.17. The van der Waals surface area contributed by atoms with Crippen LogP contribution in [0, 0.1) is 0 Å². The van der Waals surface area contributed by atoms with Crippen molar-refractivity contribution >= 4 is 42.6 Å². The standard InChI is InChI=1S/C13H8BrF3O4S/c14-7-12(18)10-2-1-9-6-11(4-3-8(9)5-10)21-22(19,20)13(15,16)17/h1-6H,7H2. The Morgan fingerprint density at radius 1 is 1.09 bits per heavy atom. The molecule has 2 rings (SSSR count). The van der Waals surface area contributed by atoms with Gasteiger partial charge in [-0.25, -0.2) is 0 Å². The molecule has 0 saturated carbocycles. The van der Waals surface area contributed by atoms with Gasteiger partial charge >= 0.3 is 15.6 Å². The second kappa shape index (κ2) is 5.88. The summed E-state index contributed by atoms with van der Waals surface area (Å²) in [5, 5.41) is 1.16. The van der Waals surface area contributed by atoms with Gasteiger partial charge in [-0.2, -0.15) is 21.6 Å². The van der Waals surface area contributed by atoms with Gasteiger partial charge in [-0.05, 0) is 29.0 Å². The number of alkyl halides is 4. The third-order valence-electron chi connectivity index (χ3n) is 2.74. The van der Waals surface area contributed by atoms with Crippen LogP contribution in [-0.2, 0) is 10.1 Å². The van der Waals surface area contributed by atoms with Crippen molar-refractivity contribution in [3.63, 3.8) is 0 Å². The molecule has 2 aromatic carbocycles. The molecule has 0 aliphatic rings. The van der Waals surface area contributed by atoms with E-state index in [-0.39, 0.29) is 11.1 Å². The van der Waals surface area contributed by atoms with Crippen LogP contribution in [0.25, 0.3) is 10.8 Å². The number of rotatable bonds is 4. The predicted molar refractivity (Wildman–Crippen MR) is 77.7 cm³/mol. The Morgan fingerprint density at radius 2 is 1.68 bits per heavy atom. The molecule has 22 heavy (non-hydrogen) atoms. The summed E-state index contributed by atoms with van der Waals surface area (Å²) in [4.78, 5) is 11.5. The Hall–Kier alpha value is -1.61. The van der Waals surface area contributed by atoms with Gasteiger partial charge in [0.15, 0.2) is 5.78 Å². The van der Waals surface area contributed by atoms with Crippen LogP contribution in [0.3, 0.4) is 0 Å². The molecule has 0 bridgehead atoms. The minimum absolute atomic E-state index is 0.142. The monoisotopic (exact) mass is 396 g/mol. The van der Waals surface area contributed by atoms with Crippen molar-refractivity contribution in [2.45, 2.75) is 5.51 Å². The Kier molecular flexibility index (Phi) is 4.48. The zero-order chi connectivity index (χ0) is 16.5. The maximum absolute atomic E-state index is 12.3. The molecule has 0 aromatic heterocycles. The first-order chi connectivity index (χ1) is 10.1. The Morgan fingerprint density at radius 3 is 2.27 bits per heavy atom. The van der Waals surface area contributed by atoms with Gasteiger partial charge in [-0.3, -0.25) is 4.79 Å². The fourth-order valence-electron chi connectivity index (χ4n) is 1.70. The van der Waals surface area contributed by atoms with E-state index in [0.29, 0.717) is 16.3 Å². The lowest BCUT2D eigenvalue weighted by atomic mass is 10.0. The van der Waals surface area contributed by atoms with Crippen molar-refractivity contribution in [3.05, 3.63) is 42.0 Å². The van der Waals surface area contributed by atoms with Crippen LogP contribution in [-0.4, -0.2) is 25.0 Å². The molecule has 0 spiro atoms. The van der Waals surface area contributed by atoms with E-state index in [1.54, 1.807) is 6.07 Å². The van der Waals surface area contributed by atoms with Gasteiger partial charge in [0.1, 0.15) is 5.75 Å². The van der Waals surface area contributed by atoms with Crippen LogP contribution in [0.4, 0.5) is 13.2 Å². The summed E-state index contributed by atoms with van der Waals surface area (Å²) in [7, 11) is -5.71. The van der Waals surface area contributed by atoms with Crippen molar-refractivity contribution in [2.75, 3.05) is 5.33 Å². The first-order valence-corrected chi connectivity index (χ1v) is 8.31. The van der Waals surface area contributed by atoms with E-state index < -0.39 is 21.4 Å². The molecular weight excluding hydrogens is 389 g/mol. The lowest BCUT2D eigenvalue weighted by Crippen LogP contribution is -2.28. The van der Waals surface area contributed by atoms with Gasteiger partial charge in [0, 0.05) is 5.56 Å². The number of hydrogen-bond donors (Lipinski definition) is 0. The maximum Gasteiger partial charge on any atom is 0.534 e. The molecule has 9 heteroatoms. The van der Waals surface area contributed by atoms with Crippen molar-refractivity contribution in [2.24, 2.45) is 0 Å². The zero-order valence-corrected chi connectivity index (χ0v) is 13.1. The summed E-state index contributed by atoms with van der Waals surface area (Å²) in [5.41, 5.74) is -5.06. The van der Waals surface area contributed by atoms with Crippen molar-refractivity contribution in [1.82, 2.24) is 0 Å². The quantitative estimate of drug-likeness (QED) is 0.342. The highest BCUT2D eigenvalue weighted by atomic mass is 79.9. The Bertz CT molecular complexity index is 831. The number of carbonyl (C=O) groups is 1. The van der Waals surface area contributed by atoms with Crippen LogP contribution in [0.2, 0.25) is 0 Å². The van der Waals surface area contributed by atoms with Gasteiger partial charge in [0.2, 0.25) is 0 Å². The van der Waals surface area contributed by atoms with E-state index in [9.17, 15) is 26.4 Å². The summed E-state index contributed by atoms with van der Waals surface area (Å²) < 4.78 is 62.7. The van der Waals surface area contributed by atoms with E-state index in [4.69, 9.17) is 0 Å². The van der Waals surface area contributed by atoms with E-state index in [1.807, 2.05) is 0 Å². The minimum Gasteiger partial charge on any atom is -0.376 e. The van der Waals surface area contributed by atoms with Gasteiger partial charge < -0.3 is 4.18 Å². The minimum atomic E-state index is -5.71. The summed E-state index contributed by atoms with van der Waals surface area (Å²) in [6.45, 7) is 0.